The van der Waals surface area contributed by atoms with Gasteiger partial charge in [0.25, 0.3) is 0 Å². The topological polar surface area (TPSA) is 89.5 Å². The fraction of sp³-hybridized carbons (Fsp3) is 1.00. The van der Waals surface area contributed by atoms with Gasteiger partial charge in [-0.15, -0.1) is 0 Å². The SMILES string of the molecule is CCOCC.O=S(=O)([O-])[O-].[Na+]. The van der Waals surface area contributed by atoms with Crippen molar-refractivity contribution in [2.75, 3.05) is 13.2 Å². The third kappa shape index (κ3) is 105. The first-order chi connectivity index (χ1) is 4.41. The summed E-state index contributed by atoms with van der Waals surface area (Å²) in [6.07, 6.45) is 0. The van der Waals surface area contributed by atoms with Gasteiger partial charge in [0.15, 0.2) is 0 Å². The van der Waals surface area contributed by atoms with E-state index in [0.29, 0.717) is 0 Å². The molecule has 0 aliphatic rings. The Morgan fingerprint density at radius 3 is 1.36 bits per heavy atom. The quantitative estimate of drug-likeness (QED) is 0.260. The van der Waals surface area contributed by atoms with E-state index in [1.807, 2.05) is 13.8 Å². The summed E-state index contributed by atoms with van der Waals surface area (Å²) in [6.45, 7) is 5.67. The maximum absolute atomic E-state index is 8.52. The van der Waals surface area contributed by atoms with Crippen LogP contribution in [0.2, 0.25) is 0 Å². The zero-order chi connectivity index (χ0) is 8.62. The molecule has 7 heteroatoms. The van der Waals surface area contributed by atoms with Crippen LogP contribution in [0.15, 0.2) is 0 Å². The van der Waals surface area contributed by atoms with Gasteiger partial charge in [-0.25, -0.2) is 0 Å². The Morgan fingerprint density at radius 1 is 1.18 bits per heavy atom. The molecule has 0 atom stereocenters. The van der Waals surface area contributed by atoms with E-state index in [9.17, 15) is 0 Å². The number of ether oxygens (including phenoxy) is 1. The van der Waals surface area contributed by atoms with Gasteiger partial charge >= 0.3 is 29.6 Å². The molecule has 0 spiro atoms. The zero-order valence-electron chi connectivity index (χ0n) is 6.86. The molecule has 0 heterocycles. The molecule has 0 saturated carbocycles. The van der Waals surface area contributed by atoms with Crippen molar-refractivity contribution in [2.45, 2.75) is 13.8 Å². The first-order valence-corrected chi connectivity index (χ1v) is 3.99. The summed E-state index contributed by atoms with van der Waals surface area (Å²) < 4.78 is 38.9. The van der Waals surface area contributed by atoms with Gasteiger partial charge in [0, 0.05) is 23.6 Å². The second-order valence-corrected chi connectivity index (χ2v) is 2.01. The Morgan fingerprint density at radius 2 is 1.36 bits per heavy atom. The Labute approximate surface area is 89.0 Å². The summed E-state index contributed by atoms with van der Waals surface area (Å²) in [5, 5.41) is 0. The van der Waals surface area contributed by atoms with Crippen LogP contribution in [0.3, 0.4) is 0 Å². The normalized spacial score (nSPS) is 9.09. The second-order valence-electron chi connectivity index (χ2n) is 1.19. The van der Waals surface area contributed by atoms with Crippen LogP contribution in [0.4, 0.5) is 0 Å². The fourth-order valence-electron chi connectivity index (χ4n) is 0.204. The Balaban J connectivity index is -0.000000107. The predicted octanol–water partition coefficient (Wildman–Crippen LogP) is -3.29. The summed E-state index contributed by atoms with van der Waals surface area (Å²) in [5.41, 5.74) is 0. The van der Waals surface area contributed by atoms with Gasteiger partial charge in [-0.2, -0.15) is 0 Å². The third-order valence-corrected chi connectivity index (χ3v) is 0.408. The molecule has 0 aliphatic carbocycles. The van der Waals surface area contributed by atoms with E-state index in [-0.39, 0.29) is 29.6 Å². The minimum atomic E-state index is -5.17. The second kappa shape index (κ2) is 10.8. The maximum atomic E-state index is 8.52. The van der Waals surface area contributed by atoms with Gasteiger partial charge in [0.05, 0.1) is 0 Å². The molecule has 0 N–H and O–H groups in total. The third-order valence-electron chi connectivity index (χ3n) is 0.408. The standard InChI is InChI=1S/C4H10O.Na.H2O4S/c1-3-5-4-2;;1-5(2,3)4/h3-4H2,1-2H3;;(H2,1,2,3,4)/q;+1;/p-2. The molecule has 64 valence electrons. The summed E-state index contributed by atoms with van der Waals surface area (Å²) in [6, 6.07) is 0. The molecule has 0 aromatic carbocycles. The minimum Gasteiger partial charge on any atom is -0.759 e. The summed E-state index contributed by atoms with van der Waals surface area (Å²) in [4.78, 5) is 0. The van der Waals surface area contributed by atoms with Crippen LogP contribution in [-0.2, 0) is 15.1 Å². The van der Waals surface area contributed by atoms with E-state index >= 15 is 0 Å². The van der Waals surface area contributed by atoms with Crippen molar-refractivity contribution < 1.29 is 51.8 Å². The van der Waals surface area contributed by atoms with E-state index in [0.717, 1.165) is 13.2 Å². The molecule has 0 bridgehead atoms. The van der Waals surface area contributed by atoms with Crippen molar-refractivity contribution in [3.63, 3.8) is 0 Å². The average molecular weight is 193 g/mol. The van der Waals surface area contributed by atoms with Crippen molar-refractivity contribution >= 4 is 10.4 Å². The number of rotatable bonds is 2. The van der Waals surface area contributed by atoms with E-state index in [1.165, 1.54) is 0 Å². The summed E-state index contributed by atoms with van der Waals surface area (Å²) >= 11 is 0. The molecule has 0 fully saturated rings. The van der Waals surface area contributed by atoms with Crippen molar-refractivity contribution in [3.05, 3.63) is 0 Å². The molecule has 0 aliphatic heterocycles. The van der Waals surface area contributed by atoms with E-state index in [1.54, 1.807) is 0 Å². The Hall–Kier alpha value is 0.830. The molecular formula is C4H10NaO5S-. The molecule has 0 rings (SSSR count). The average Bonchev–Trinajstić information content (AvgIpc) is 1.63. The van der Waals surface area contributed by atoms with Crippen LogP contribution in [-0.4, -0.2) is 30.7 Å². The molecule has 0 aromatic heterocycles. The number of hydrogen-bond donors (Lipinski definition) is 0. The molecule has 0 unspecified atom stereocenters. The molecule has 0 aromatic rings. The van der Waals surface area contributed by atoms with Gasteiger partial charge in [-0.3, -0.25) is 8.42 Å². The monoisotopic (exact) mass is 193 g/mol. The minimum absolute atomic E-state index is 0. The van der Waals surface area contributed by atoms with Crippen molar-refractivity contribution in [1.82, 2.24) is 0 Å². The summed E-state index contributed by atoms with van der Waals surface area (Å²) in [7, 11) is -5.17. The smallest absolute Gasteiger partial charge is 0.759 e. The molecule has 0 amide bonds. The van der Waals surface area contributed by atoms with Gasteiger partial charge in [-0.1, -0.05) is 0 Å². The van der Waals surface area contributed by atoms with Crippen LogP contribution in [0, 0.1) is 0 Å². The van der Waals surface area contributed by atoms with Crippen LogP contribution >= 0.6 is 0 Å². The molecule has 11 heavy (non-hydrogen) atoms. The van der Waals surface area contributed by atoms with Crippen LogP contribution in [0.1, 0.15) is 13.8 Å². The van der Waals surface area contributed by atoms with Crippen molar-refractivity contribution in [2.24, 2.45) is 0 Å². The van der Waals surface area contributed by atoms with Gasteiger partial charge in [0.1, 0.15) is 0 Å². The summed E-state index contributed by atoms with van der Waals surface area (Å²) in [5.74, 6) is 0. The van der Waals surface area contributed by atoms with Gasteiger partial charge in [-0.05, 0) is 13.8 Å². The van der Waals surface area contributed by atoms with E-state index in [2.05, 4.69) is 0 Å². The Bertz CT molecular complexity index is 133. The van der Waals surface area contributed by atoms with Gasteiger partial charge < -0.3 is 13.8 Å². The van der Waals surface area contributed by atoms with Gasteiger partial charge in [0.2, 0.25) is 0 Å². The van der Waals surface area contributed by atoms with Crippen molar-refractivity contribution in [3.8, 4) is 0 Å². The predicted molar refractivity (Wildman–Crippen MR) is 32.6 cm³/mol. The van der Waals surface area contributed by atoms with Crippen LogP contribution in [0.5, 0.6) is 0 Å². The molecular weight excluding hydrogens is 183 g/mol. The van der Waals surface area contributed by atoms with Crippen molar-refractivity contribution in [1.29, 1.82) is 0 Å². The van der Waals surface area contributed by atoms with E-state index < -0.39 is 10.4 Å². The zero-order valence-corrected chi connectivity index (χ0v) is 9.68. The molecule has 0 saturated heterocycles. The number of hydrogen-bond acceptors (Lipinski definition) is 5. The van der Waals surface area contributed by atoms with E-state index in [4.69, 9.17) is 22.3 Å². The largest absolute Gasteiger partial charge is 1.00 e. The molecule has 5 nitrogen and oxygen atoms in total. The first kappa shape index (κ1) is 17.8. The van der Waals surface area contributed by atoms with Crippen LogP contribution < -0.4 is 29.6 Å². The first-order valence-electron chi connectivity index (χ1n) is 2.66. The molecule has 0 radical (unpaired) electrons. The Kier molecular flexibility index (Phi) is 17.5. The van der Waals surface area contributed by atoms with Crippen LogP contribution in [0.25, 0.3) is 0 Å². The fourth-order valence-corrected chi connectivity index (χ4v) is 0.204. The maximum Gasteiger partial charge on any atom is 1.00 e.